The Morgan fingerprint density at radius 2 is 1.76 bits per heavy atom. The van der Waals surface area contributed by atoms with Crippen LogP contribution in [0.5, 0.6) is 5.75 Å². The van der Waals surface area contributed by atoms with E-state index < -0.39 is 5.41 Å². The SMILES string of the molecule is COc1ccccc1CC(CO)(CO)c1cccc(F)c1. The number of hydrogen-bond donors (Lipinski definition) is 2. The summed E-state index contributed by atoms with van der Waals surface area (Å²) in [6, 6.07) is 13.4. The molecule has 0 saturated carbocycles. The third-order valence-corrected chi connectivity index (χ3v) is 3.76. The van der Waals surface area contributed by atoms with Crippen LogP contribution in [0.1, 0.15) is 11.1 Å². The Morgan fingerprint density at radius 1 is 1.05 bits per heavy atom. The zero-order valence-corrected chi connectivity index (χ0v) is 11.9. The molecule has 2 rings (SSSR count). The minimum absolute atomic E-state index is 0.287. The van der Waals surface area contributed by atoms with E-state index in [1.165, 1.54) is 12.1 Å². The molecule has 2 aromatic carbocycles. The van der Waals surface area contributed by atoms with Crippen LogP contribution >= 0.6 is 0 Å². The Labute approximate surface area is 123 Å². The summed E-state index contributed by atoms with van der Waals surface area (Å²) >= 11 is 0. The molecule has 0 aliphatic rings. The van der Waals surface area contributed by atoms with Gasteiger partial charge in [-0.2, -0.15) is 0 Å². The first kappa shape index (κ1) is 15.5. The highest BCUT2D eigenvalue weighted by Crippen LogP contribution is 2.31. The molecule has 0 unspecified atom stereocenters. The number of aliphatic hydroxyl groups excluding tert-OH is 2. The maximum atomic E-state index is 13.5. The van der Waals surface area contributed by atoms with Gasteiger partial charge in [0.2, 0.25) is 0 Å². The van der Waals surface area contributed by atoms with Crippen molar-refractivity contribution in [3.63, 3.8) is 0 Å². The van der Waals surface area contributed by atoms with E-state index in [2.05, 4.69) is 0 Å². The second-order valence-corrected chi connectivity index (χ2v) is 5.10. The molecule has 3 nitrogen and oxygen atoms in total. The topological polar surface area (TPSA) is 49.7 Å². The Balaban J connectivity index is 2.43. The molecule has 21 heavy (non-hydrogen) atoms. The van der Waals surface area contributed by atoms with E-state index in [4.69, 9.17) is 4.74 Å². The third kappa shape index (κ3) is 3.23. The quantitative estimate of drug-likeness (QED) is 0.858. The fourth-order valence-corrected chi connectivity index (χ4v) is 2.48. The number of para-hydroxylation sites is 1. The lowest BCUT2D eigenvalue weighted by Gasteiger charge is -2.31. The maximum Gasteiger partial charge on any atom is 0.123 e. The van der Waals surface area contributed by atoms with Crippen LogP contribution in [-0.4, -0.2) is 30.5 Å². The van der Waals surface area contributed by atoms with Crippen molar-refractivity contribution in [1.82, 2.24) is 0 Å². The molecule has 0 bridgehead atoms. The highest BCUT2D eigenvalue weighted by molar-refractivity contribution is 5.38. The smallest absolute Gasteiger partial charge is 0.123 e. The van der Waals surface area contributed by atoms with E-state index >= 15 is 0 Å². The largest absolute Gasteiger partial charge is 0.496 e. The summed E-state index contributed by atoms with van der Waals surface area (Å²) in [5.74, 6) is 0.291. The predicted octanol–water partition coefficient (Wildman–Crippen LogP) is 2.30. The number of halogens is 1. The molecule has 0 saturated heterocycles. The molecule has 0 fully saturated rings. The summed E-state index contributed by atoms with van der Waals surface area (Å²) in [5.41, 5.74) is 0.474. The van der Waals surface area contributed by atoms with Gasteiger partial charge >= 0.3 is 0 Å². The summed E-state index contributed by atoms with van der Waals surface area (Å²) < 4.78 is 18.8. The first-order valence-electron chi connectivity index (χ1n) is 6.75. The highest BCUT2D eigenvalue weighted by atomic mass is 19.1. The van der Waals surface area contributed by atoms with Crippen LogP contribution in [0.25, 0.3) is 0 Å². The summed E-state index contributed by atoms with van der Waals surface area (Å²) in [5, 5.41) is 19.6. The average molecular weight is 290 g/mol. The number of ether oxygens (including phenoxy) is 1. The van der Waals surface area contributed by atoms with Crippen molar-refractivity contribution in [2.24, 2.45) is 0 Å². The molecule has 2 N–H and O–H groups in total. The van der Waals surface area contributed by atoms with E-state index in [9.17, 15) is 14.6 Å². The summed E-state index contributed by atoms with van der Waals surface area (Å²) in [6.45, 7) is -0.573. The number of hydrogen-bond acceptors (Lipinski definition) is 3. The van der Waals surface area contributed by atoms with Crippen LogP contribution in [-0.2, 0) is 11.8 Å². The normalized spacial score (nSPS) is 11.4. The van der Waals surface area contributed by atoms with Crippen molar-refractivity contribution in [2.45, 2.75) is 11.8 Å². The highest BCUT2D eigenvalue weighted by Gasteiger charge is 2.32. The summed E-state index contributed by atoms with van der Waals surface area (Å²) in [6.07, 6.45) is 0.355. The molecule has 0 heterocycles. The van der Waals surface area contributed by atoms with Crippen LogP contribution in [0.15, 0.2) is 48.5 Å². The molecule has 0 atom stereocenters. The van der Waals surface area contributed by atoms with Gasteiger partial charge in [-0.3, -0.25) is 0 Å². The van der Waals surface area contributed by atoms with Gasteiger partial charge in [-0.15, -0.1) is 0 Å². The lowest BCUT2D eigenvalue weighted by atomic mass is 9.76. The van der Waals surface area contributed by atoms with Gasteiger partial charge in [-0.25, -0.2) is 4.39 Å². The molecular weight excluding hydrogens is 271 g/mol. The number of rotatable bonds is 6. The molecule has 0 aliphatic heterocycles. The molecule has 0 spiro atoms. The molecule has 0 radical (unpaired) electrons. The van der Waals surface area contributed by atoms with Gasteiger partial charge in [-0.05, 0) is 35.7 Å². The summed E-state index contributed by atoms with van der Waals surface area (Å²) in [4.78, 5) is 0. The lowest BCUT2D eigenvalue weighted by Crippen LogP contribution is -2.37. The van der Waals surface area contributed by atoms with Gasteiger partial charge < -0.3 is 14.9 Å². The monoisotopic (exact) mass is 290 g/mol. The van der Waals surface area contributed by atoms with Crippen molar-refractivity contribution in [3.05, 3.63) is 65.5 Å². The number of benzene rings is 2. The maximum absolute atomic E-state index is 13.5. The Bertz CT molecular complexity index is 594. The van der Waals surface area contributed by atoms with Crippen molar-refractivity contribution in [2.75, 3.05) is 20.3 Å². The second kappa shape index (κ2) is 6.70. The van der Waals surface area contributed by atoms with Gasteiger partial charge in [0.25, 0.3) is 0 Å². The Kier molecular flexibility index (Phi) is 4.94. The van der Waals surface area contributed by atoms with E-state index in [0.29, 0.717) is 17.7 Å². The van der Waals surface area contributed by atoms with Crippen LogP contribution < -0.4 is 4.74 Å². The first-order valence-corrected chi connectivity index (χ1v) is 6.75. The van der Waals surface area contributed by atoms with Crippen molar-refractivity contribution >= 4 is 0 Å². The first-order chi connectivity index (χ1) is 10.1. The summed E-state index contributed by atoms with van der Waals surface area (Å²) in [7, 11) is 1.57. The van der Waals surface area contributed by atoms with E-state index in [1.807, 2.05) is 24.3 Å². The van der Waals surface area contributed by atoms with Gasteiger partial charge in [-0.1, -0.05) is 30.3 Å². The van der Waals surface area contributed by atoms with E-state index in [1.54, 1.807) is 19.2 Å². The van der Waals surface area contributed by atoms with E-state index in [-0.39, 0.29) is 19.0 Å². The van der Waals surface area contributed by atoms with Gasteiger partial charge in [0.1, 0.15) is 11.6 Å². The van der Waals surface area contributed by atoms with Crippen LogP contribution in [0.3, 0.4) is 0 Å². The van der Waals surface area contributed by atoms with Gasteiger partial charge in [0, 0.05) is 5.41 Å². The average Bonchev–Trinajstić information content (AvgIpc) is 2.53. The molecule has 112 valence electrons. The fourth-order valence-electron chi connectivity index (χ4n) is 2.48. The molecular formula is C17H19FO3. The third-order valence-electron chi connectivity index (χ3n) is 3.76. The minimum Gasteiger partial charge on any atom is -0.496 e. The minimum atomic E-state index is -0.948. The number of aliphatic hydroxyl groups is 2. The Hall–Kier alpha value is -1.91. The molecule has 0 aliphatic carbocycles. The second-order valence-electron chi connectivity index (χ2n) is 5.10. The van der Waals surface area contributed by atoms with Crippen LogP contribution in [0.4, 0.5) is 4.39 Å². The number of methoxy groups -OCH3 is 1. The van der Waals surface area contributed by atoms with Crippen LogP contribution in [0, 0.1) is 5.82 Å². The Morgan fingerprint density at radius 3 is 2.38 bits per heavy atom. The van der Waals surface area contributed by atoms with Gasteiger partial charge in [0.15, 0.2) is 0 Å². The standard InChI is InChI=1S/C17H19FO3/c1-21-16-8-3-2-5-13(16)10-17(11-19,12-20)14-6-4-7-15(18)9-14/h2-9,19-20H,10-12H2,1H3. The molecule has 0 amide bonds. The lowest BCUT2D eigenvalue weighted by molar-refractivity contribution is 0.115. The molecule has 0 aromatic heterocycles. The molecule has 4 heteroatoms. The zero-order valence-electron chi connectivity index (χ0n) is 11.9. The van der Waals surface area contributed by atoms with Crippen LogP contribution in [0.2, 0.25) is 0 Å². The van der Waals surface area contributed by atoms with Gasteiger partial charge in [0.05, 0.1) is 20.3 Å². The van der Waals surface area contributed by atoms with Crippen molar-refractivity contribution in [1.29, 1.82) is 0 Å². The fraction of sp³-hybridized carbons (Fsp3) is 0.294. The molecule has 2 aromatic rings. The van der Waals surface area contributed by atoms with Crippen molar-refractivity contribution in [3.8, 4) is 5.75 Å². The van der Waals surface area contributed by atoms with Crippen molar-refractivity contribution < 1.29 is 19.3 Å². The van der Waals surface area contributed by atoms with E-state index in [0.717, 1.165) is 5.56 Å². The zero-order chi connectivity index (χ0) is 15.3. The predicted molar refractivity (Wildman–Crippen MR) is 78.9 cm³/mol.